The van der Waals surface area contributed by atoms with Gasteiger partial charge in [0.05, 0.1) is 16.0 Å². The number of thiophene rings is 1. The van der Waals surface area contributed by atoms with Crippen molar-refractivity contribution >= 4 is 27.3 Å². The summed E-state index contributed by atoms with van der Waals surface area (Å²) in [4.78, 5) is 1.33. The van der Waals surface area contributed by atoms with E-state index in [2.05, 4.69) is 63.9 Å². The second kappa shape index (κ2) is 6.68. The molecule has 0 radical (unpaired) electrons. The molecule has 0 fully saturated rings. The van der Waals surface area contributed by atoms with Crippen LogP contribution in [0.5, 0.6) is 0 Å². The Hall–Kier alpha value is -0.650. The number of rotatable bonds is 6. The number of hydrogen-bond acceptors (Lipinski definition) is 3. The van der Waals surface area contributed by atoms with E-state index in [1.165, 1.54) is 19.9 Å². The molecule has 19 heavy (non-hydrogen) atoms. The predicted octanol–water partition coefficient (Wildman–Crippen LogP) is 3.52. The van der Waals surface area contributed by atoms with Crippen LogP contribution in [-0.4, -0.2) is 22.9 Å². The number of nitrogens with one attached hydrogen (secondary N) is 1. The van der Waals surface area contributed by atoms with Crippen LogP contribution in [0.15, 0.2) is 15.9 Å². The summed E-state index contributed by atoms with van der Waals surface area (Å²) in [5, 5.41) is 8.05. The molecule has 0 bridgehead atoms. The van der Waals surface area contributed by atoms with Gasteiger partial charge in [-0.1, -0.05) is 6.92 Å². The number of aromatic nitrogens is 2. The lowest BCUT2D eigenvalue weighted by molar-refractivity contribution is 0.663. The lowest BCUT2D eigenvalue weighted by Gasteiger charge is -2.05. The average Bonchev–Trinajstić information content (AvgIpc) is 2.88. The van der Waals surface area contributed by atoms with E-state index in [0.29, 0.717) is 0 Å². The molecule has 0 amide bonds. The Balaban J connectivity index is 2.11. The molecule has 104 valence electrons. The normalized spacial score (nSPS) is 11.2. The summed E-state index contributed by atoms with van der Waals surface area (Å²) in [7, 11) is 0. The van der Waals surface area contributed by atoms with Crippen molar-refractivity contribution in [1.29, 1.82) is 0 Å². The molecular weight excluding hydrogens is 322 g/mol. The average molecular weight is 342 g/mol. The fourth-order valence-electron chi connectivity index (χ4n) is 2.22. The molecule has 0 spiro atoms. The first-order valence-corrected chi connectivity index (χ1v) is 8.20. The van der Waals surface area contributed by atoms with Gasteiger partial charge in [-0.05, 0) is 67.0 Å². The number of likely N-dealkylation sites (N-methyl/N-ethyl adjacent to an activating group) is 1. The van der Waals surface area contributed by atoms with Gasteiger partial charge in [0.25, 0.3) is 0 Å². The van der Waals surface area contributed by atoms with E-state index in [0.717, 1.165) is 31.7 Å². The first-order chi connectivity index (χ1) is 9.11. The first kappa shape index (κ1) is 14.8. The molecule has 5 heteroatoms. The summed E-state index contributed by atoms with van der Waals surface area (Å²) in [6.07, 6.45) is 1.06. The van der Waals surface area contributed by atoms with Gasteiger partial charge in [-0.25, -0.2) is 0 Å². The van der Waals surface area contributed by atoms with Crippen molar-refractivity contribution in [1.82, 2.24) is 15.1 Å². The Morgan fingerprint density at radius 1 is 1.37 bits per heavy atom. The Bertz CT molecular complexity index is 545. The van der Waals surface area contributed by atoms with Crippen molar-refractivity contribution in [2.24, 2.45) is 0 Å². The highest BCUT2D eigenvalue weighted by molar-refractivity contribution is 9.11. The van der Waals surface area contributed by atoms with E-state index in [4.69, 9.17) is 0 Å². The minimum atomic E-state index is 0.865. The molecule has 0 unspecified atom stereocenters. The highest BCUT2D eigenvalue weighted by atomic mass is 79.9. The molecule has 0 aliphatic heterocycles. The van der Waals surface area contributed by atoms with Crippen molar-refractivity contribution in [3.8, 4) is 0 Å². The zero-order valence-electron chi connectivity index (χ0n) is 11.7. The Labute approximate surface area is 127 Å². The van der Waals surface area contributed by atoms with Crippen LogP contribution in [0.4, 0.5) is 0 Å². The Kier molecular flexibility index (Phi) is 5.19. The van der Waals surface area contributed by atoms with Gasteiger partial charge >= 0.3 is 0 Å². The molecule has 0 saturated carbocycles. The van der Waals surface area contributed by atoms with Gasteiger partial charge in [-0.2, -0.15) is 5.10 Å². The number of hydrogen-bond donors (Lipinski definition) is 1. The van der Waals surface area contributed by atoms with E-state index >= 15 is 0 Å². The summed E-state index contributed by atoms with van der Waals surface area (Å²) in [6, 6.07) is 4.25. The fourth-order valence-corrected chi connectivity index (χ4v) is 3.69. The van der Waals surface area contributed by atoms with Gasteiger partial charge in [-0.15, -0.1) is 11.3 Å². The van der Waals surface area contributed by atoms with E-state index in [9.17, 15) is 0 Å². The van der Waals surface area contributed by atoms with Gasteiger partial charge in [0, 0.05) is 10.6 Å². The second-order valence-corrected chi connectivity index (χ2v) is 7.16. The van der Waals surface area contributed by atoms with Gasteiger partial charge < -0.3 is 5.32 Å². The van der Waals surface area contributed by atoms with Crippen molar-refractivity contribution in [2.45, 2.75) is 33.7 Å². The number of halogens is 1. The van der Waals surface area contributed by atoms with Crippen molar-refractivity contribution in [3.05, 3.63) is 37.7 Å². The van der Waals surface area contributed by atoms with E-state index in [-0.39, 0.29) is 0 Å². The molecule has 1 N–H and O–H groups in total. The summed E-state index contributed by atoms with van der Waals surface area (Å²) in [5.74, 6) is 0. The SMILES string of the molecule is CCNCCc1c(C)nn(Cc2ccc(Br)s2)c1C. The molecule has 0 aliphatic carbocycles. The minimum Gasteiger partial charge on any atom is -0.317 e. The summed E-state index contributed by atoms with van der Waals surface area (Å²) < 4.78 is 3.30. The number of nitrogens with zero attached hydrogens (tertiary/aromatic N) is 2. The van der Waals surface area contributed by atoms with Crippen molar-refractivity contribution in [2.75, 3.05) is 13.1 Å². The van der Waals surface area contributed by atoms with Crippen LogP contribution in [0.1, 0.15) is 28.8 Å². The molecular formula is C14H20BrN3S. The molecule has 2 aromatic heterocycles. The lowest BCUT2D eigenvalue weighted by atomic mass is 10.1. The van der Waals surface area contributed by atoms with E-state index in [1.54, 1.807) is 11.3 Å². The maximum atomic E-state index is 4.67. The highest BCUT2D eigenvalue weighted by Gasteiger charge is 2.11. The van der Waals surface area contributed by atoms with E-state index < -0.39 is 0 Å². The van der Waals surface area contributed by atoms with Gasteiger partial charge in [0.1, 0.15) is 0 Å². The molecule has 3 nitrogen and oxygen atoms in total. The topological polar surface area (TPSA) is 29.9 Å². The predicted molar refractivity (Wildman–Crippen MR) is 85.1 cm³/mol. The quantitative estimate of drug-likeness (QED) is 0.814. The van der Waals surface area contributed by atoms with Crippen LogP contribution in [0.2, 0.25) is 0 Å². The van der Waals surface area contributed by atoms with Crippen LogP contribution < -0.4 is 5.32 Å². The smallest absolute Gasteiger partial charge is 0.0755 e. The third-order valence-corrected chi connectivity index (χ3v) is 4.88. The third kappa shape index (κ3) is 3.68. The molecule has 2 aromatic rings. The van der Waals surface area contributed by atoms with Gasteiger partial charge in [0.2, 0.25) is 0 Å². The van der Waals surface area contributed by atoms with Crippen LogP contribution in [0, 0.1) is 13.8 Å². The summed E-state index contributed by atoms with van der Waals surface area (Å²) >= 11 is 5.28. The van der Waals surface area contributed by atoms with Gasteiger partial charge in [-0.3, -0.25) is 4.68 Å². The Morgan fingerprint density at radius 2 is 2.16 bits per heavy atom. The molecule has 0 atom stereocenters. The maximum Gasteiger partial charge on any atom is 0.0755 e. The zero-order chi connectivity index (χ0) is 13.8. The van der Waals surface area contributed by atoms with Crippen molar-refractivity contribution in [3.63, 3.8) is 0 Å². The molecule has 0 saturated heterocycles. The van der Waals surface area contributed by atoms with Crippen molar-refractivity contribution < 1.29 is 0 Å². The maximum absolute atomic E-state index is 4.67. The molecule has 0 aliphatic rings. The standard InChI is InChI=1S/C14H20BrN3S/c1-4-16-8-7-13-10(2)17-18(11(13)3)9-12-5-6-14(15)19-12/h5-6,16H,4,7-9H2,1-3H3. The fraction of sp³-hybridized carbons (Fsp3) is 0.500. The third-order valence-electron chi connectivity index (χ3n) is 3.27. The zero-order valence-corrected chi connectivity index (χ0v) is 14.1. The molecule has 2 heterocycles. The first-order valence-electron chi connectivity index (χ1n) is 6.59. The molecule has 2 rings (SSSR count). The Morgan fingerprint density at radius 3 is 2.79 bits per heavy atom. The summed E-state index contributed by atoms with van der Waals surface area (Å²) in [6.45, 7) is 9.32. The van der Waals surface area contributed by atoms with Crippen LogP contribution in [0.25, 0.3) is 0 Å². The van der Waals surface area contributed by atoms with Crippen LogP contribution in [0.3, 0.4) is 0 Å². The second-order valence-electron chi connectivity index (χ2n) is 4.62. The summed E-state index contributed by atoms with van der Waals surface area (Å²) in [5.41, 5.74) is 3.84. The minimum absolute atomic E-state index is 0.865. The lowest BCUT2D eigenvalue weighted by Crippen LogP contribution is -2.16. The highest BCUT2D eigenvalue weighted by Crippen LogP contribution is 2.24. The molecule has 0 aromatic carbocycles. The largest absolute Gasteiger partial charge is 0.317 e. The monoisotopic (exact) mass is 341 g/mol. The van der Waals surface area contributed by atoms with E-state index in [1.807, 2.05) is 0 Å². The van der Waals surface area contributed by atoms with Crippen LogP contribution >= 0.6 is 27.3 Å². The number of aryl methyl sites for hydroxylation is 1. The van der Waals surface area contributed by atoms with Gasteiger partial charge in [0.15, 0.2) is 0 Å². The van der Waals surface area contributed by atoms with Crippen LogP contribution in [-0.2, 0) is 13.0 Å².